The molecule has 0 aromatic carbocycles. The zero-order valence-electron chi connectivity index (χ0n) is 11.2. The first-order valence-corrected chi connectivity index (χ1v) is 7.23. The highest BCUT2D eigenvalue weighted by atomic mass is 19.1. The molecule has 2 aromatic heterocycles. The molecule has 3 atom stereocenters. The lowest BCUT2D eigenvalue weighted by molar-refractivity contribution is 0.260. The lowest BCUT2D eigenvalue weighted by Gasteiger charge is -2.29. The van der Waals surface area contributed by atoms with E-state index in [2.05, 4.69) is 15.0 Å². The molecule has 0 bridgehead atoms. The smallest absolute Gasteiger partial charge is 0.245 e. The molecule has 5 nitrogen and oxygen atoms in total. The second-order valence-electron chi connectivity index (χ2n) is 5.99. The molecule has 1 aliphatic heterocycles. The average Bonchev–Trinajstić information content (AvgIpc) is 3.01. The first kappa shape index (κ1) is 12.1. The number of aromatic nitrogens is 3. The average molecular weight is 275 g/mol. The van der Waals surface area contributed by atoms with Gasteiger partial charge in [0, 0.05) is 19.1 Å². The fourth-order valence-corrected chi connectivity index (χ4v) is 3.66. The van der Waals surface area contributed by atoms with Crippen LogP contribution in [-0.4, -0.2) is 33.7 Å². The van der Waals surface area contributed by atoms with Crippen LogP contribution in [0.5, 0.6) is 0 Å². The number of anilines is 1. The summed E-state index contributed by atoms with van der Waals surface area (Å²) in [5, 5.41) is 4.39. The Bertz CT molecular complexity index is 640. The van der Waals surface area contributed by atoms with Crippen LogP contribution in [-0.2, 0) is 0 Å². The zero-order valence-corrected chi connectivity index (χ0v) is 11.2. The predicted octanol–water partition coefficient (Wildman–Crippen LogP) is 1.43. The van der Waals surface area contributed by atoms with E-state index in [0.29, 0.717) is 29.5 Å². The van der Waals surface area contributed by atoms with Gasteiger partial charge in [0.1, 0.15) is 5.82 Å². The van der Waals surface area contributed by atoms with Gasteiger partial charge in [-0.3, -0.25) is 0 Å². The topological polar surface area (TPSA) is 59.5 Å². The summed E-state index contributed by atoms with van der Waals surface area (Å²) in [6.45, 7) is 1.89. The normalized spacial score (nSPS) is 29.9. The molecule has 2 aliphatic rings. The van der Waals surface area contributed by atoms with Crippen molar-refractivity contribution in [2.45, 2.75) is 25.3 Å². The summed E-state index contributed by atoms with van der Waals surface area (Å²) < 4.78 is 14.7. The molecule has 2 aromatic rings. The van der Waals surface area contributed by atoms with Crippen molar-refractivity contribution >= 4 is 11.6 Å². The first-order chi connectivity index (χ1) is 9.70. The highest BCUT2D eigenvalue weighted by Crippen LogP contribution is 2.36. The Labute approximate surface area is 116 Å². The van der Waals surface area contributed by atoms with Crippen LogP contribution in [0, 0.1) is 17.7 Å². The molecule has 6 heteroatoms. The second-order valence-corrected chi connectivity index (χ2v) is 5.99. The molecular weight excluding hydrogens is 257 g/mol. The Balaban J connectivity index is 1.63. The van der Waals surface area contributed by atoms with Crippen LogP contribution in [0.1, 0.15) is 19.3 Å². The lowest BCUT2D eigenvalue weighted by Crippen LogP contribution is -2.38. The third-order valence-electron chi connectivity index (χ3n) is 4.72. The molecule has 1 saturated heterocycles. The SMILES string of the molecule is NC1CCCC2CN(c3nc4ccc(F)cn4n3)CC12. The summed E-state index contributed by atoms with van der Waals surface area (Å²) in [5.74, 6) is 1.59. The van der Waals surface area contributed by atoms with E-state index in [4.69, 9.17) is 5.73 Å². The Morgan fingerprint density at radius 3 is 3.00 bits per heavy atom. The van der Waals surface area contributed by atoms with Gasteiger partial charge in [-0.15, -0.1) is 5.10 Å². The van der Waals surface area contributed by atoms with Gasteiger partial charge in [0.05, 0.1) is 6.20 Å². The Hall–Kier alpha value is -1.69. The van der Waals surface area contributed by atoms with Crippen molar-refractivity contribution in [3.63, 3.8) is 0 Å². The van der Waals surface area contributed by atoms with E-state index in [1.165, 1.54) is 29.6 Å². The Morgan fingerprint density at radius 1 is 1.25 bits per heavy atom. The van der Waals surface area contributed by atoms with Gasteiger partial charge in [-0.1, -0.05) is 6.42 Å². The molecule has 0 radical (unpaired) electrons. The maximum Gasteiger partial charge on any atom is 0.245 e. The van der Waals surface area contributed by atoms with E-state index in [1.54, 1.807) is 6.07 Å². The minimum absolute atomic E-state index is 0.299. The predicted molar refractivity (Wildman–Crippen MR) is 74.0 cm³/mol. The van der Waals surface area contributed by atoms with E-state index < -0.39 is 0 Å². The molecule has 0 spiro atoms. The number of pyridine rings is 1. The molecule has 3 heterocycles. The van der Waals surface area contributed by atoms with E-state index in [0.717, 1.165) is 19.5 Å². The van der Waals surface area contributed by atoms with Gasteiger partial charge >= 0.3 is 0 Å². The summed E-state index contributed by atoms with van der Waals surface area (Å²) >= 11 is 0. The minimum Gasteiger partial charge on any atom is -0.339 e. The monoisotopic (exact) mass is 275 g/mol. The molecule has 2 fully saturated rings. The molecule has 1 aliphatic carbocycles. The molecule has 106 valence electrons. The Morgan fingerprint density at radius 2 is 2.15 bits per heavy atom. The van der Waals surface area contributed by atoms with Crippen LogP contribution in [0.15, 0.2) is 18.3 Å². The van der Waals surface area contributed by atoms with E-state index in [9.17, 15) is 4.39 Å². The van der Waals surface area contributed by atoms with E-state index in [-0.39, 0.29) is 5.82 Å². The first-order valence-electron chi connectivity index (χ1n) is 7.23. The van der Waals surface area contributed by atoms with Crippen molar-refractivity contribution < 1.29 is 4.39 Å². The molecule has 4 rings (SSSR count). The molecular formula is C14H18FN5. The summed E-state index contributed by atoms with van der Waals surface area (Å²) in [6, 6.07) is 3.36. The van der Waals surface area contributed by atoms with Crippen molar-refractivity contribution in [3.05, 3.63) is 24.1 Å². The molecule has 20 heavy (non-hydrogen) atoms. The fourth-order valence-electron chi connectivity index (χ4n) is 3.66. The fraction of sp³-hybridized carbons (Fsp3) is 0.571. The standard InChI is InChI=1S/C14H18FN5/c15-10-4-5-13-17-14(18-20(13)7-10)19-6-9-2-1-3-12(16)11(9)8-19/h4-5,7,9,11-12H,1-3,6,8,16H2. The van der Waals surface area contributed by atoms with Crippen molar-refractivity contribution in [1.29, 1.82) is 0 Å². The third kappa shape index (κ3) is 1.86. The second kappa shape index (κ2) is 4.41. The zero-order chi connectivity index (χ0) is 13.7. The maximum atomic E-state index is 13.2. The number of nitrogens with zero attached hydrogens (tertiary/aromatic N) is 4. The largest absolute Gasteiger partial charge is 0.339 e. The minimum atomic E-state index is -0.300. The van der Waals surface area contributed by atoms with Gasteiger partial charge in [-0.25, -0.2) is 8.91 Å². The number of fused-ring (bicyclic) bond motifs is 2. The third-order valence-corrected chi connectivity index (χ3v) is 4.72. The number of hydrogen-bond acceptors (Lipinski definition) is 4. The highest BCUT2D eigenvalue weighted by molar-refractivity contribution is 5.45. The van der Waals surface area contributed by atoms with Crippen molar-refractivity contribution in [2.75, 3.05) is 18.0 Å². The van der Waals surface area contributed by atoms with Gasteiger partial charge in [0.25, 0.3) is 0 Å². The van der Waals surface area contributed by atoms with Gasteiger partial charge < -0.3 is 10.6 Å². The summed E-state index contributed by atoms with van der Waals surface area (Å²) in [5.41, 5.74) is 6.91. The van der Waals surface area contributed by atoms with Crippen LogP contribution in [0.4, 0.5) is 10.3 Å². The van der Waals surface area contributed by atoms with Gasteiger partial charge in [0.15, 0.2) is 5.65 Å². The van der Waals surface area contributed by atoms with Crippen LogP contribution >= 0.6 is 0 Å². The van der Waals surface area contributed by atoms with Gasteiger partial charge in [-0.05, 0) is 36.8 Å². The van der Waals surface area contributed by atoms with Gasteiger partial charge in [-0.2, -0.15) is 4.98 Å². The number of rotatable bonds is 1. The highest BCUT2D eigenvalue weighted by Gasteiger charge is 2.39. The number of nitrogens with two attached hydrogens (primary N) is 1. The van der Waals surface area contributed by atoms with Gasteiger partial charge in [0.2, 0.25) is 5.95 Å². The van der Waals surface area contributed by atoms with Crippen LogP contribution < -0.4 is 10.6 Å². The van der Waals surface area contributed by atoms with Crippen LogP contribution in [0.25, 0.3) is 5.65 Å². The van der Waals surface area contributed by atoms with Crippen molar-refractivity contribution in [3.8, 4) is 0 Å². The molecule has 3 unspecified atom stereocenters. The summed E-state index contributed by atoms with van der Waals surface area (Å²) in [6.07, 6.45) is 4.95. The van der Waals surface area contributed by atoms with E-state index >= 15 is 0 Å². The van der Waals surface area contributed by atoms with Crippen molar-refractivity contribution in [2.24, 2.45) is 17.6 Å². The lowest BCUT2D eigenvalue weighted by atomic mass is 9.78. The quantitative estimate of drug-likeness (QED) is 0.855. The molecule has 2 N–H and O–H groups in total. The summed E-state index contributed by atoms with van der Waals surface area (Å²) in [4.78, 5) is 6.69. The maximum absolute atomic E-state index is 13.2. The number of hydrogen-bond donors (Lipinski definition) is 1. The summed E-state index contributed by atoms with van der Waals surface area (Å²) in [7, 11) is 0. The van der Waals surface area contributed by atoms with Crippen LogP contribution in [0.3, 0.4) is 0 Å². The van der Waals surface area contributed by atoms with Crippen LogP contribution in [0.2, 0.25) is 0 Å². The Kier molecular flexibility index (Phi) is 2.66. The number of halogens is 1. The molecule has 1 saturated carbocycles. The van der Waals surface area contributed by atoms with Crippen molar-refractivity contribution in [1.82, 2.24) is 14.6 Å². The molecule has 0 amide bonds. The van der Waals surface area contributed by atoms with E-state index in [1.807, 2.05) is 0 Å².